The van der Waals surface area contributed by atoms with Gasteiger partial charge in [0.1, 0.15) is 24.9 Å². The van der Waals surface area contributed by atoms with Gasteiger partial charge in [-0.2, -0.15) is 0 Å². The van der Waals surface area contributed by atoms with Crippen LogP contribution < -0.4 is 10.6 Å². The Bertz CT molecular complexity index is 1030. The smallest absolute Gasteiger partial charge is 0.223 e. The lowest BCUT2D eigenvalue weighted by molar-refractivity contribution is -0.697. The number of ether oxygens (including phenoxy) is 2. The van der Waals surface area contributed by atoms with Crippen LogP contribution in [-0.2, 0) is 9.47 Å². The molecule has 2 aromatic carbocycles. The van der Waals surface area contributed by atoms with Gasteiger partial charge in [-0.1, -0.05) is 68.4 Å². The van der Waals surface area contributed by atoms with Gasteiger partial charge in [0.15, 0.2) is 0 Å². The number of nitrogens with zero attached hydrogens (tertiary/aromatic N) is 2. The van der Waals surface area contributed by atoms with E-state index in [1.165, 1.54) is 11.1 Å². The Hall–Kier alpha value is -2.80. The summed E-state index contributed by atoms with van der Waals surface area (Å²) >= 11 is 0. The fourth-order valence-electron chi connectivity index (χ4n) is 4.52. The molecule has 0 bridgehead atoms. The topological polar surface area (TPSA) is 72.9 Å². The van der Waals surface area contributed by atoms with Crippen molar-refractivity contribution >= 4 is 5.95 Å². The Morgan fingerprint density at radius 3 is 2.41 bits per heavy atom. The highest BCUT2D eigenvalue weighted by atomic mass is 16.6. The number of rotatable bonds is 7. The molecule has 0 spiro atoms. The van der Waals surface area contributed by atoms with Gasteiger partial charge in [0.05, 0.1) is 24.9 Å². The zero-order valence-electron chi connectivity index (χ0n) is 18.6. The van der Waals surface area contributed by atoms with E-state index >= 15 is 0 Å². The van der Waals surface area contributed by atoms with Gasteiger partial charge in [-0.15, -0.1) is 0 Å². The molecule has 166 valence electrons. The average Bonchev–Trinajstić information content (AvgIpc) is 3.41. The van der Waals surface area contributed by atoms with Crippen LogP contribution >= 0.6 is 0 Å². The van der Waals surface area contributed by atoms with E-state index in [1.54, 1.807) is 6.20 Å². The molecule has 6 nitrogen and oxygen atoms in total. The quantitative estimate of drug-likeness (QED) is 0.602. The van der Waals surface area contributed by atoms with Crippen molar-refractivity contribution < 1.29 is 14.8 Å². The summed E-state index contributed by atoms with van der Waals surface area (Å²) in [6, 6.07) is 21.2. The number of nitrogens with one attached hydrogen (secondary N) is 1. The highest BCUT2D eigenvalue weighted by Crippen LogP contribution is 2.28. The lowest BCUT2D eigenvalue weighted by atomic mass is 10.0. The zero-order valence-corrected chi connectivity index (χ0v) is 18.6. The van der Waals surface area contributed by atoms with Crippen LogP contribution in [0.3, 0.4) is 0 Å². The summed E-state index contributed by atoms with van der Waals surface area (Å²) in [5.41, 5.74) is 4.36. The Morgan fingerprint density at radius 1 is 0.906 bits per heavy atom. The summed E-state index contributed by atoms with van der Waals surface area (Å²) < 4.78 is 12.2. The Labute approximate surface area is 189 Å². The first kappa shape index (κ1) is 21.1. The predicted molar refractivity (Wildman–Crippen MR) is 125 cm³/mol. The Kier molecular flexibility index (Phi) is 6.17. The molecular weight excluding hydrogens is 400 g/mol. The van der Waals surface area contributed by atoms with Crippen molar-refractivity contribution in [3.8, 4) is 22.4 Å². The molecule has 1 aromatic heterocycles. The first-order chi connectivity index (χ1) is 15.7. The minimum Gasteiger partial charge on any atom is -0.367 e. The van der Waals surface area contributed by atoms with Gasteiger partial charge in [-0.05, 0) is 17.2 Å². The molecule has 2 aliphatic rings. The molecule has 3 N–H and O–H groups in total. The summed E-state index contributed by atoms with van der Waals surface area (Å²) in [7, 11) is 0. The van der Waals surface area contributed by atoms with Crippen molar-refractivity contribution in [3.05, 3.63) is 66.9 Å². The van der Waals surface area contributed by atoms with Gasteiger partial charge in [-0.25, -0.2) is 9.97 Å². The number of hydrogen-bond donors (Lipinski definition) is 2. The number of benzene rings is 2. The molecule has 5 rings (SSSR count). The maximum Gasteiger partial charge on any atom is 0.223 e. The van der Waals surface area contributed by atoms with Crippen molar-refractivity contribution in [1.29, 1.82) is 0 Å². The largest absolute Gasteiger partial charge is 0.367 e. The highest BCUT2D eigenvalue weighted by molar-refractivity contribution is 5.69. The van der Waals surface area contributed by atoms with Crippen LogP contribution in [0.5, 0.6) is 0 Å². The molecule has 32 heavy (non-hydrogen) atoms. The number of aromatic nitrogens is 2. The van der Waals surface area contributed by atoms with E-state index in [1.807, 2.05) is 12.1 Å². The normalized spacial score (nSPS) is 24.6. The summed E-state index contributed by atoms with van der Waals surface area (Å²) in [6.45, 7) is 6.91. The molecule has 3 aromatic rings. The molecule has 2 aliphatic heterocycles. The Balaban J connectivity index is 1.25. The third kappa shape index (κ3) is 4.53. The second-order valence-corrected chi connectivity index (χ2v) is 9.08. The summed E-state index contributed by atoms with van der Waals surface area (Å²) in [4.78, 5) is 9.21. The molecule has 0 radical (unpaired) electrons. The molecule has 0 amide bonds. The predicted octanol–water partition coefficient (Wildman–Crippen LogP) is 2.98. The first-order valence-electron chi connectivity index (χ1n) is 11.5. The zero-order chi connectivity index (χ0) is 21.9. The Morgan fingerprint density at radius 2 is 1.62 bits per heavy atom. The number of quaternary nitrogens is 1. The minimum atomic E-state index is 0.0424. The van der Waals surface area contributed by atoms with Gasteiger partial charge in [0.25, 0.3) is 0 Å². The van der Waals surface area contributed by atoms with Crippen molar-refractivity contribution in [2.45, 2.75) is 38.1 Å². The second kappa shape index (κ2) is 9.36. The number of hydrogen-bond acceptors (Lipinski definition) is 5. The van der Waals surface area contributed by atoms with Crippen molar-refractivity contribution in [2.75, 3.05) is 25.1 Å². The average molecular weight is 432 g/mol. The first-order valence-corrected chi connectivity index (χ1v) is 11.5. The van der Waals surface area contributed by atoms with E-state index in [0.717, 1.165) is 24.4 Å². The molecule has 6 heteroatoms. The third-order valence-electron chi connectivity index (χ3n) is 6.26. The molecule has 0 aliphatic carbocycles. The van der Waals surface area contributed by atoms with Crippen LogP contribution in [0, 0.1) is 5.92 Å². The van der Waals surface area contributed by atoms with Gasteiger partial charge >= 0.3 is 0 Å². The fourth-order valence-corrected chi connectivity index (χ4v) is 4.52. The maximum atomic E-state index is 6.10. The lowest BCUT2D eigenvalue weighted by Gasteiger charge is -2.17. The van der Waals surface area contributed by atoms with Crippen LogP contribution in [0.15, 0.2) is 66.9 Å². The van der Waals surface area contributed by atoms with Gasteiger partial charge < -0.3 is 20.1 Å². The highest BCUT2D eigenvalue weighted by Gasteiger charge is 2.49. The summed E-state index contributed by atoms with van der Waals surface area (Å²) in [6.07, 6.45) is 1.97. The molecule has 0 saturated carbocycles. The fraction of sp³-hybridized carbons (Fsp3) is 0.385. The van der Waals surface area contributed by atoms with Crippen LogP contribution in [0.25, 0.3) is 22.4 Å². The van der Waals surface area contributed by atoms with Crippen LogP contribution in [0.4, 0.5) is 5.95 Å². The third-order valence-corrected chi connectivity index (χ3v) is 6.26. The standard InChI is InChI=1S/C26H30N4O2/c1-17(2)14-28-22-15-31-25-23(16-32-24(22)25)30-26-27-13-12-21(29-26)20-10-8-19(9-11-20)18-6-4-3-5-7-18/h3-13,17,22-25,28H,14-16H2,1-2H3,(H,27,29,30)/p+1/t22-,23-,24+,25+/m0/s1. The second-order valence-electron chi connectivity index (χ2n) is 9.08. The SMILES string of the molecule is CC(C)C[NH2+][C@H]1CO[C@H]2[C@@H]1OC[C@@H]2Nc1nccc(-c2ccc(-c3ccccc3)cc2)n1. The van der Waals surface area contributed by atoms with Gasteiger partial charge in [0, 0.05) is 17.7 Å². The van der Waals surface area contributed by atoms with E-state index in [0.29, 0.717) is 24.5 Å². The molecule has 2 fully saturated rings. The van der Waals surface area contributed by atoms with Gasteiger partial charge in [0.2, 0.25) is 5.95 Å². The molecule has 4 atom stereocenters. The number of nitrogens with two attached hydrogens (primary N) is 1. The van der Waals surface area contributed by atoms with E-state index < -0.39 is 0 Å². The lowest BCUT2D eigenvalue weighted by Crippen LogP contribution is -2.93. The molecule has 3 heterocycles. The van der Waals surface area contributed by atoms with E-state index in [2.05, 4.69) is 78.0 Å². The maximum absolute atomic E-state index is 6.10. The van der Waals surface area contributed by atoms with Crippen molar-refractivity contribution in [1.82, 2.24) is 9.97 Å². The van der Waals surface area contributed by atoms with Crippen molar-refractivity contribution in [3.63, 3.8) is 0 Å². The monoisotopic (exact) mass is 431 g/mol. The van der Waals surface area contributed by atoms with E-state index in [9.17, 15) is 0 Å². The van der Waals surface area contributed by atoms with Crippen LogP contribution in [0.2, 0.25) is 0 Å². The number of fused-ring (bicyclic) bond motifs is 1. The molecular formula is C26H31N4O2+. The van der Waals surface area contributed by atoms with E-state index in [4.69, 9.17) is 14.5 Å². The van der Waals surface area contributed by atoms with E-state index in [-0.39, 0.29) is 18.2 Å². The van der Waals surface area contributed by atoms with Crippen LogP contribution in [0.1, 0.15) is 13.8 Å². The van der Waals surface area contributed by atoms with Crippen molar-refractivity contribution in [2.24, 2.45) is 5.92 Å². The summed E-state index contributed by atoms with van der Waals surface area (Å²) in [5, 5.41) is 5.83. The number of anilines is 1. The van der Waals surface area contributed by atoms with Crippen LogP contribution in [-0.4, -0.2) is 54.0 Å². The van der Waals surface area contributed by atoms with Gasteiger partial charge in [-0.3, -0.25) is 0 Å². The molecule has 2 saturated heterocycles. The minimum absolute atomic E-state index is 0.0424. The summed E-state index contributed by atoms with van der Waals surface area (Å²) in [5.74, 6) is 1.27. The molecule has 0 unspecified atom stereocenters.